The van der Waals surface area contributed by atoms with Gasteiger partial charge in [0.1, 0.15) is 0 Å². The zero-order valence-electron chi connectivity index (χ0n) is 9.83. The van der Waals surface area contributed by atoms with Crippen molar-refractivity contribution in [2.75, 3.05) is 6.54 Å². The van der Waals surface area contributed by atoms with Crippen LogP contribution in [-0.2, 0) is 0 Å². The van der Waals surface area contributed by atoms with Gasteiger partial charge in [0, 0.05) is 11.3 Å². The van der Waals surface area contributed by atoms with Gasteiger partial charge in [0.15, 0.2) is 5.17 Å². The Bertz CT molecular complexity index is 232. The fraction of sp³-hybridized carbons (Fsp3) is 0.917. The molecule has 0 aromatic heterocycles. The second kappa shape index (κ2) is 5.24. The van der Waals surface area contributed by atoms with Gasteiger partial charge in [-0.2, -0.15) is 0 Å². The molecule has 3 heteroatoms. The highest BCUT2D eigenvalue weighted by atomic mass is 32.2. The van der Waals surface area contributed by atoms with E-state index in [9.17, 15) is 0 Å². The maximum absolute atomic E-state index is 4.60. The molecule has 2 aliphatic rings. The molecule has 1 atom stereocenters. The standard InChI is InChI=1S/C12H22N2S/c1-9(2)7-11-8-13-12(15-11)14-10-5-3-4-6-10/h9-11H,3-8H2,1-2H3,(H,13,14). The zero-order valence-corrected chi connectivity index (χ0v) is 10.6. The zero-order chi connectivity index (χ0) is 10.7. The lowest BCUT2D eigenvalue weighted by molar-refractivity contribution is 0.575. The Balaban J connectivity index is 1.71. The van der Waals surface area contributed by atoms with Crippen LogP contribution in [0.1, 0.15) is 46.0 Å². The molecule has 1 saturated carbocycles. The fourth-order valence-corrected chi connectivity index (χ4v) is 3.72. The van der Waals surface area contributed by atoms with E-state index in [1.54, 1.807) is 0 Å². The van der Waals surface area contributed by atoms with Crippen LogP contribution in [0.4, 0.5) is 0 Å². The van der Waals surface area contributed by atoms with Crippen LogP contribution in [-0.4, -0.2) is 23.0 Å². The number of amidine groups is 1. The summed E-state index contributed by atoms with van der Waals surface area (Å²) >= 11 is 1.96. The van der Waals surface area contributed by atoms with Crippen LogP contribution in [0.25, 0.3) is 0 Å². The lowest BCUT2D eigenvalue weighted by atomic mass is 10.1. The molecular weight excluding hydrogens is 204 g/mol. The van der Waals surface area contributed by atoms with E-state index < -0.39 is 0 Å². The average molecular weight is 226 g/mol. The number of hydrogen-bond donors (Lipinski definition) is 1. The van der Waals surface area contributed by atoms with Gasteiger partial charge >= 0.3 is 0 Å². The van der Waals surface area contributed by atoms with Crippen LogP contribution >= 0.6 is 11.8 Å². The summed E-state index contributed by atoms with van der Waals surface area (Å²) in [5.41, 5.74) is 0. The fourth-order valence-electron chi connectivity index (χ4n) is 2.39. The molecule has 0 aromatic rings. The number of rotatable bonds is 3. The highest BCUT2D eigenvalue weighted by Gasteiger charge is 2.23. The first-order valence-electron chi connectivity index (χ1n) is 6.21. The van der Waals surface area contributed by atoms with Crippen LogP contribution in [0.5, 0.6) is 0 Å². The predicted octanol–water partition coefficient (Wildman–Crippen LogP) is 3.04. The van der Waals surface area contributed by atoms with Crippen LogP contribution in [0.15, 0.2) is 4.99 Å². The predicted molar refractivity (Wildman–Crippen MR) is 68.5 cm³/mol. The Hall–Kier alpha value is -0.180. The number of aliphatic imine (C=N–C) groups is 1. The third-order valence-corrected chi connectivity index (χ3v) is 4.28. The van der Waals surface area contributed by atoms with Crippen molar-refractivity contribution >= 4 is 16.9 Å². The molecule has 1 heterocycles. The third-order valence-electron chi connectivity index (χ3n) is 3.13. The van der Waals surface area contributed by atoms with Crippen molar-refractivity contribution in [3.8, 4) is 0 Å². The maximum atomic E-state index is 4.60. The van der Waals surface area contributed by atoms with Crippen molar-refractivity contribution in [3.05, 3.63) is 0 Å². The Kier molecular flexibility index (Phi) is 3.95. The molecule has 0 bridgehead atoms. The van der Waals surface area contributed by atoms with Gasteiger partial charge in [-0.1, -0.05) is 38.5 Å². The quantitative estimate of drug-likeness (QED) is 0.800. The molecule has 86 valence electrons. The van der Waals surface area contributed by atoms with E-state index in [1.165, 1.54) is 37.3 Å². The van der Waals surface area contributed by atoms with E-state index in [2.05, 4.69) is 24.2 Å². The molecule has 1 aliphatic carbocycles. The molecule has 1 fully saturated rings. The molecule has 0 aromatic carbocycles. The number of hydrogen-bond acceptors (Lipinski definition) is 3. The Morgan fingerprint density at radius 3 is 2.80 bits per heavy atom. The molecule has 0 amide bonds. The van der Waals surface area contributed by atoms with Crippen molar-refractivity contribution in [1.82, 2.24) is 5.32 Å². The smallest absolute Gasteiger partial charge is 0.157 e. The lowest BCUT2D eigenvalue weighted by Crippen LogP contribution is -2.30. The van der Waals surface area contributed by atoms with Crippen LogP contribution in [0.2, 0.25) is 0 Å². The first kappa shape index (κ1) is 11.3. The number of nitrogens with zero attached hydrogens (tertiary/aromatic N) is 1. The van der Waals surface area contributed by atoms with Gasteiger partial charge in [-0.25, -0.2) is 0 Å². The average Bonchev–Trinajstić information content (AvgIpc) is 2.77. The van der Waals surface area contributed by atoms with Gasteiger partial charge < -0.3 is 5.32 Å². The van der Waals surface area contributed by atoms with Gasteiger partial charge in [-0.15, -0.1) is 0 Å². The van der Waals surface area contributed by atoms with Gasteiger partial charge in [0.2, 0.25) is 0 Å². The molecule has 2 nitrogen and oxygen atoms in total. The van der Waals surface area contributed by atoms with Gasteiger partial charge in [-0.05, 0) is 25.2 Å². The van der Waals surface area contributed by atoms with E-state index in [0.29, 0.717) is 6.04 Å². The summed E-state index contributed by atoms with van der Waals surface area (Å²) in [4.78, 5) is 4.60. The Morgan fingerprint density at radius 1 is 1.40 bits per heavy atom. The lowest BCUT2D eigenvalue weighted by Gasteiger charge is -2.14. The van der Waals surface area contributed by atoms with E-state index in [0.717, 1.165) is 17.7 Å². The first-order chi connectivity index (χ1) is 7.24. The molecular formula is C12H22N2S. The van der Waals surface area contributed by atoms with Crippen LogP contribution in [0.3, 0.4) is 0 Å². The van der Waals surface area contributed by atoms with Gasteiger partial charge in [0.25, 0.3) is 0 Å². The van der Waals surface area contributed by atoms with E-state index in [-0.39, 0.29) is 0 Å². The van der Waals surface area contributed by atoms with Crippen LogP contribution in [0, 0.1) is 5.92 Å². The first-order valence-corrected chi connectivity index (χ1v) is 7.09. The Morgan fingerprint density at radius 2 is 2.13 bits per heavy atom. The summed E-state index contributed by atoms with van der Waals surface area (Å²) in [6.45, 7) is 5.61. The molecule has 0 saturated heterocycles. The minimum Gasteiger partial charge on any atom is -0.362 e. The molecule has 0 spiro atoms. The highest BCUT2D eigenvalue weighted by molar-refractivity contribution is 8.14. The van der Waals surface area contributed by atoms with E-state index in [1.807, 2.05) is 11.8 Å². The van der Waals surface area contributed by atoms with Crippen molar-refractivity contribution in [2.45, 2.75) is 57.2 Å². The molecule has 1 aliphatic heterocycles. The molecule has 0 radical (unpaired) electrons. The molecule has 1 N–H and O–H groups in total. The molecule has 1 unspecified atom stereocenters. The summed E-state index contributed by atoms with van der Waals surface area (Å²) in [6.07, 6.45) is 6.77. The van der Waals surface area contributed by atoms with Crippen molar-refractivity contribution in [3.63, 3.8) is 0 Å². The van der Waals surface area contributed by atoms with Crippen molar-refractivity contribution < 1.29 is 0 Å². The summed E-state index contributed by atoms with van der Waals surface area (Å²) in [5, 5.41) is 5.54. The largest absolute Gasteiger partial charge is 0.362 e. The maximum Gasteiger partial charge on any atom is 0.157 e. The summed E-state index contributed by atoms with van der Waals surface area (Å²) in [6, 6.07) is 0.717. The summed E-state index contributed by atoms with van der Waals surface area (Å²) in [5.74, 6) is 0.795. The summed E-state index contributed by atoms with van der Waals surface area (Å²) in [7, 11) is 0. The minimum absolute atomic E-state index is 0.717. The summed E-state index contributed by atoms with van der Waals surface area (Å²) < 4.78 is 0. The second-order valence-corrected chi connectivity index (χ2v) is 6.43. The van der Waals surface area contributed by atoms with E-state index >= 15 is 0 Å². The van der Waals surface area contributed by atoms with E-state index in [4.69, 9.17) is 0 Å². The topological polar surface area (TPSA) is 24.4 Å². The minimum atomic E-state index is 0.717. The SMILES string of the molecule is CC(C)CC1CN=C(NC2CCCC2)S1. The van der Waals surface area contributed by atoms with Gasteiger partial charge in [-0.3, -0.25) is 4.99 Å². The van der Waals surface area contributed by atoms with Crippen molar-refractivity contribution in [2.24, 2.45) is 10.9 Å². The van der Waals surface area contributed by atoms with Crippen molar-refractivity contribution in [1.29, 1.82) is 0 Å². The molecule has 2 rings (SSSR count). The Labute approximate surface area is 97.3 Å². The van der Waals surface area contributed by atoms with Crippen LogP contribution < -0.4 is 5.32 Å². The normalized spacial score (nSPS) is 27.4. The highest BCUT2D eigenvalue weighted by Crippen LogP contribution is 2.27. The number of thioether (sulfide) groups is 1. The monoisotopic (exact) mass is 226 g/mol. The second-order valence-electron chi connectivity index (χ2n) is 5.14. The third kappa shape index (κ3) is 3.40. The number of nitrogens with one attached hydrogen (secondary N) is 1. The molecule has 15 heavy (non-hydrogen) atoms. The van der Waals surface area contributed by atoms with Gasteiger partial charge in [0.05, 0.1) is 6.54 Å².